The first-order chi connectivity index (χ1) is 13.4. The van der Waals surface area contributed by atoms with Crippen molar-refractivity contribution in [2.24, 2.45) is 0 Å². The molecule has 7 nitrogen and oxygen atoms in total. The predicted octanol–water partition coefficient (Wildman–Crippen LogP) is 3.19. The second kappa shape index (κ2) is 8.10. The summed E-state index contributed by atoms with van der Waals surface area (Å²) >= 11 is 0. The third-order valence-corrected chi connectivity index (χ3v) is 6.14. The van der Waals surface area contributed by atoms with Crippen molar-refractivity contribution in [2.75, 3.05) is 30.4 Å². The molecule has 0 saturated heterocycles. The number of carbonyl (C=O) groups is 1. The summed E-state index contributed by atoms with van der Waals surface area (Å²) in [5.74, 6) is 0.712. The van der Waals surface area contributed by atoms with Crippen LogP contribution in [0.4, 0.5) is 11.4 Å². The van der Waals surface area contributed by atoms with Crippen LogP contribution in [0.2, 0.25) is 0 Å². The second-order valence-corrected chi connectivity index (χ2v) is 8.12. The zero-order valence-electron chi connectivity index (χ0n) is 16.2. The Hall–Kier alpha value is -2.74. The monoisotopic (exact) mass is 404 g/mol. The Kier molecular flexibility index (Phi) is 5.79. The van der Waals surface area contributed by atoms with Gasteiger partial charge in [-0.2, -0.15) is 0 Å². The van der Waals surface area contributed by atoms with E-state index in [1.807, 2.05) is 13.0 Å². The van der Waals surface area contributed by atoms with Crippen LogP contribution in [0.3, 0.4) is 0 Å². The van der Waals surface area contributed by atoms with Gasteiger partial charge in [-0.05, 0) is 42.7 Å². The second-order valence-electron chi connectivity index (χ2n) is 6.47. The molecule has 1 N–H and O–H groups in total. The number of fused-ring (bicyclic) bond motifs is 1. The highest BCUT2D eigenvalue weighted by Crippen LogP contribution is 2.33. The number of anilines is 2. The maximum absolute atomic E-state index is 12.9. The van der Waals surface area contributed by atoms with Crippen molar-refractivity contribution >= 4 is 27.3 Å². The van der Waals surface area contributed by atoms with E-state index in [1.165, 1.54) is 26.4 Å². The highest BCUT2D eigenvalue weighted by atomic mass is 32.2. The number of sulfonamides is 1. The van der Waals surface area contributed by atoms with Crippen LogP contribution < -0.4 is 19.1 Å². The average Bonchev–Trinajstić information content (AvgIpc) is 2.71. The van der Waals surface area contributed by atoms with Gasteiger partial charge in [-0.25, -0.2) is 8.42 Å². The molecule has 0 bridgehead atoms. The molecule has 8 heteroatoms. The van der Waals surface area contributed by atoms with E-state index in [0.717, 1.165) is 24.1 Å². The third kappa shape index (κ3) is 3.91. The van der Waals surface area contributed by atoms with Gasteiger partial charge in [0.2, 0.25) is 5.91 Å². The number of ether oxygens (including phenoxy) is 2. The van der Waals surface area contributed by atoms with E-state index >= 15 is 0 Å². The quantitative estimate of drug-likeness (QED) is 0.799. The zero-order chi connectivity index (χ0) is 20.3. The minimum atomic E-state index is -3.88. The molecule has 2 aromatic carbocycles. The molecule has 2 aromatic rings. The molecule has 3 rings (SSSR count). The number of rotatable bonds is 6. The number of hydrogen-bond acceptors (Lipinski definition) is 5. The minimum Gasteiger partial charge on any atom is -0.497 e. The van der Waals surface area contributed by atoms with Crippen LogP contribution in [0.5, 0.6) is 11.5 Å². The van der Waals surface area contributed by atoms with Gasteiger partial charge >= 0.3 is 0 Å². The van der Waals surface area contributed by atoms with Crippen molar-refractivity contribution in [3.63, 3.8) is 0 Å². The third-order valence-electron chi connectivity index (χ3n) is 4.72. The normalized spacial score (nSPS) is 13.6. The molecule has 0 saturated carbocycles. The van der Waals surface area contributed by atoms with Crippen LogP contribution in [-0.4, -0.2) is 35.1 Å². The fourth-order valence-corrected chi connectivity index (χ4v) is 4.50. The fourth-order valence-electron chi connectivity index (χ4n) is 3.30. The number of hydrogen-bond donors (Lipinski definition) is 1. The Morgan fingerprint density at radius 1 is 1.14 bits per heavy atom. The van der Waals surface area contributed by atoms with E-state index < -0.39 is 10.0 Å². The number of nitrogens with one attached hydrogen (secondary N) is 1. The maximum Gasteiger partial charge on any atom is 0.265 e. The summed E-state index contributed by atoms with van der Waals surface area (Å²) in [5, 5.41) is 0. The van der Waals surface area contributed by atoms with Crippen molar-refractivity contribution in [1.82, 2.24) is 0 Å². The summed E-state index contributed by atoms with van der Waals surface area (Å²) in [6.07, 6.45) is 2.16. The number of carbonyl (C=O) groups excluding carboxylic acids is 1. The first kappa shape index (κ1) is 20.0. The first-order valence-corrected chi connectivity index (χ1v) is 10.6. The Bertz CT molecular complexity index is 988. The molecular weight excluding hydrogens is 380 g/mol. The van der Waals surface area contributed by atoms with Crippen LogP contribution >= 0.6 is 0 Å². The van der Waals surface area contributed by atoms with Crippen molar-refractivity contribution < 1.29 is 22.7 Å². The number of nitrogens with zero attached hydrogens (tertiary/aromatic N) is 1. The lowest BCUT2D eigenvalue weighted by molar-refractivity contribution is -0.118. The number of amides is 1. The topological polar surface area (TPSA) is 84.9 Å². The van der Waals surface area contributed by atoms with Gasteiger partial charge in [0.25, 0.3) is 10.0 Å². The van der Waals surface area contributed by atoms with Crippen LogP contribution in [0.25, 0.3) is 0 Å². The van der Waals surface area contributed by atoms with E-state index in [2.05, 4.69) is 4.72 Å². The molecule has 0 radical (unpaired) electrons. The van der Waals surface area contributed by atoms with Crippen molar-refractivity contribution in [1.29, 1.82) is 0 Å². The molecule has 0 fully saturated rings. The average molecular weight is 404 g/mol. The molecule has 1 amide bonds. The molecule has 0 atom stereocenters. The summed E-state index contributed by atoms with van der Waals surface area (Å²) in [7, 11) is -0.984. The SMILES string of the molecule is CCC(=O)N1CCCc2ccc(NS(=O)(=O)c3ccc(OC)cc3OC)cc21. The van der Waals surface area contributed by atoms with Crippen molar-refractivity contribution in [3.8, 4) is 11.5 Å². The van der Waals surface area contributed by atoms with Crippen LogP contribution in [0.1, 0.15) is 25.3 Å². The summed E-state index contributed by atoms with van der Waals surface area (Å²) in [5.41, 5.74) is 2.20. The van der Waals surface area contributed by atoms with E-state index in [4.69, 9.17) is 9.47 Å². The highest BCUT2D eigenvalue weighted by Gasteiger charge is 2.24. The zero-order valence-corrected chi connectivity index (χ0v) is 17.0. The summed E-state index contributed by atoms with van der Waals surface area (Å²) in [4.78, 5) is 14.0. The highest BCUT2D eigenvalue weighted by molar-refractivity contribution is 7.92. The lowest BCUT2D eigenvalue weighted by atomic mass is 10.0. The van der Waals surface area contributed by atoms with Crippen molar-refractivity contribution in [2.45, 2.75) is 31.1 Å². The van der Waals surface area contributed by atoms with E-state index in [-0.39, 0.29) is 16.6 Å². The largest absolute Gasteiger partial charge is 0.497 e. The number of aryl methyl sites for hydroxylation is 1. The van der Waals surface area contributed by atoms with Gasteiger partial charge in [-0.15, -0.1) is 0 Å². The molecule has 1 aliphatic rings. The predicted molar refractivity (Wildman–Crippen MR) is 108 cm³/mol. The van der Waals surface area contributed by atoms with E-state index in [9.17, 15) is 13.2 Å². The van der Waals surface area contributed by atoms with Crippen LogP contribution in [-0.2, 0) is 21.2 Å². The lowest BCUT2D eigenvalue weighted by Gasteiger charge is -2.30. The van der Waals surface area contributed by atoms with Gasteiger partial charge in [0, 0.05) is 24.7 Å². The molecule has 28 heavy (non-hydrogen) atoms. The standard InChI is InChI=1S/C20H24N2O5S/c1-4-20(23)22-11-5-6-14-7-8-15(12-17(14)22)21-28(24,25)19-10-9-16(26-2)13-18(19)27-3/h7-10,12-13,21H,4-6,11H2,1-3H3. The molecule has 0 aromatic heterocycles. The van der Waals surface area contributed by atoms with Gasteiger partial charge in [0.05, 0.1) is 19.9 Å². The first-order valence-electron chi connectivity index (χ1n) is 9.07. The fraction of sp³-hybridized carbons (Fsp3) is 0.350. The summed E-state index contributed by atoms with van der Waals surface area (Å²) < 4.78 is 38.7. The smallest absolute Gasteiger partial charge is 0.265 e. The van der Waals surface area contributed by atoms with Gasteiger partial charge in [-0.1, -0.05) is 13.0 Å². The van der Waals surface area contributed by atoms with Gasteiger partial charge in [0.1, 0.15) is 16.4 Å². The Morgan fingerprint density at radius 2 is 1.93 bits per heavy atom. The number of benzene rings is 2. The Labute approximate surface area is 165 Å². The maximum atomic E-state index is 12.9. The summed E-state index contributed by atoms with van der Waals surface area (Å²) in [6.45, 7) is 2.46. The lowest BCUT2D eigenvalue weighted by Crippen LogP contribution is -2.35. The Balaban J connectivity index is 1.95. The summed E-state index contributed by atoms with van der Waals surface area (Å²) in [6, 6.07) is 9.81. The van der Waals surface area contributed by atoms with Crippen LogP contribution in [0, 0.1) is 0 Å². The van der Waals surface area contributed by atoms with E-state index in [0.29, 0.717) is 24.4 Å². The molecule has 1 heterocycles. The molecule has 0 unspecified atom stereocenters. The molecular formula is C20H24N2O5S. The molecule has 0 aliphatic carbocycles. The van der Waals surface area contributed by atoms with E-state index in [1.54, 1.807) is 23.1 Å². The van der Waals surface area contributed by atoms with Gasteiger partial charge < -0.3 is 14.4 Å². The van der Waals surface area contributed by atoms with Gasteiger partial charge in [0.15, 0.2) is 0 Å². The molecule has 0 spiro atoms. The molecule has 150 valence electrons. The minimum absolute atomic E-state index is 0.00927. The van der Waals surface area contributed by atoms with Crippen molar-refractivity contribution in [3.05, 3.63) is 42.0 Å². The number of methoxy groups -OCH3 is 2. The Morgan fingerprint density at radius 3 is 2.61 bits per heavy atom. The van der Waals surface area contributed by atoms with Crippen LogP contribution in [0.15, 0.2) is 41.3 Å². The van der Waals surface area contributed by atoms with Gasteiger partial charge in [-0.3, -0.25) is 9.52 Å². The molecule has 1 aliphatic heterocycles.